The zero-order chi connectivity index (χ0) is 11.3. The van der Waals surface area contributed by atoms with Crippen molar-refractivity contribution in [2.45, 2.75) is 6.92 Å². The normalized spacial score (nSPS) is 9.80. The number of rotatable bonds is 4. The van der Waals surface area contributed by atoms with Crippen LogP contribution in [0.2, 0.25) is 5.02 Å². The topological polar surface area (TPSA) is 54.0 Å². The second-order valence-corrected chi connectivity index (χ2v) is 4.05. The van der Waals surface area contributed by atoms with E-state index in [0.29, 0.717) is 17.4 Å². The molecule has 0 aliphatic carbocycles. The van der Waals surface area contributed by atoms with Crippen molar-refractivity contribution in [3.63, 3.8) is 0 Å². The first-order chi connectivity index (χ1) is 7.13. The van der Waals surface area contributed by atoms with Crippen LogP contribution in [0, 0.1) is 0 Å². The number of halogens is 2. The molecule has 0 spiro atoms. The second-order valence-electron chi connectivity index (χ2n) is 2.79. The van der Waals surface area contributed by atoms with Crippen molar-refractivity contribution in [2.24, 2.45) is 0 Å². The summed E-state index contributed by atoms with van der Waals surface area (Å²) < 4.78 is 0.748. The van der Waals surface area contributed by atoms with E-state index in [1.165, 1.54) is 6.20 Å². The number of carbonyl (C=O) groups is 1. The molecule has 0 fully saturated rings. The lowest BCUT2D eigenvalue weighted by atomic mass is 10.4. The van der Waals surface area contributed by atoms with Crippen LogP contribution < -0.4 is 10.6 Å². The molecule has 0 bridgehead atoms. The number of anilines is 1. The zero-order valence-corrected chi connectivity index (χ0v) is 10.5. The average Bonchev–Trinajstić information content (AvgIpc) is 2.20. The Morgan fingerprint density at radius 2 is 2.40 bits per heavy atom. The van der Waals surface area contributed by atoms with Crippen LogP contribution in [-0.2, 0) is 4.79 Å². The van der Waals surface area contributed by atoms with Gasteiger partial charge in [-0.3, -0.25) is 4.79 Å². The molecular weight excluding hydrogens is 281 g/mol. The Labute approximate surface area is 102 Å². The van der Waals surface area contributed by atoms with Gasteiger partial charge in [-0.25, -0.2) is 4.98 Å². The predicted octanol–water partition coefficient (Wildman–Crippen LogP) is 2.05. The van der Waals surface area contributed by atoms with Gasteiger partial charge in [-0.15, -0.1) is 0 Å². The van der Waals surface area contributed by atoms with E-state index in [1.807, 2.05) is 6.92 Å². The van der Waals surface area contributed by atoms with Crippen molar-refractivity contribution in [3.8, 4) is 0 Å². The molecule has 1 rings (SSSR count). The van der Waals surface area contributed by atoms with E-state index in [-0.39, 0.29) is 12.5 Å². The SMILES string of the molecule is CCNC(=O)CNc1cc(Br)c(Cl)cn1. The number of hydrogen-bond donors (Lipinski definition) is 2. The van der Waals surface area contributed by atoms with Crippen LogP contribution in [0.3, 0.4) is 0 Å². The summed E-state index contributed by atoms with van der Waals surface area (Å²) in [6.07, 6.45) is 1.52. The van der Waals surface area contributed by atoms with Gasteiger partial charge in [0.2, 0.25) is 5.91 Å². The van der Waals surface area contributed by atoms with Gasteiger partial charge in [-0.2, -0.15) is 0 Å². The molecule has 0 aliphatic heterocycles. The number of aromatic nitrogens is 1. The highest BCUT2D eigenvalue weighted by Crippen LogP contribution is 2.23. The van der Waals surface area contributed by atoms with Crippen molar-refractivity contribution in [2.75, 3.05) is 18.4 Å². The van der Waals surface area contributed by atoms with Crippen molar-refractivity contribution < 1.29 is 4.79 Å². The molecule has 0 atom stereocenters. The van der Waals surface area contributed by atoms with Crippen molar-refractivity contribution >= 4 is 39.3 Å². The van der Waals surface area contributed by atoms with Crippen molar-refractivity contribution in [1.82, 2.24) is 10.3 Å². The van der Waals surface area contributed by atoms with Crippen LogP contribution in [0.4, 0.5) is 5.82 Å². The first-order valence-electron chi connectivity index (χ1n) is 4.45. The maximum absolute atomic E-state index is 11.1. The Kier molecular flexibility index (Phi) is 4.84. The number of amides is 1. The fourth-order valence-electron chi connectivity index (χ4n) is 0.941. The Hall–Kier alpha value is -0.810. The molecule has 2 N–H and O–H groups in total. The molecule has 6 heteroatoms. The summed E-state index contributed by atoms with van der Waals surface area (Å²) >= 11 is 9.05. The van der Waals surface area contributed by atoms with Crippen LogP contribution >= 0.6 is 27.5 Å². The lowest BCUT2D eigenvalue weighted by Gasteiger charge is -2.06. The monoisotopic (exact) mass is 291 g/mol. The van der Waals surface area contributed by atoms with Gasteiger partial charge in [-0.05, 0) is 28.9 Å². The fraction of sp³-hybridized carbons (Fsp3) is 0.333. The van der Waals surface area contributed by atoms with Gasteiger partial charge < -0.3 is 10.6 Å². The highest BCUT2D eigenvalue weighted by atomic mass is 79.9. The van der Waals surface area contributed by atoms with Crippen LogP contribution in [0.15, 0.2) is 16.7 Å². The highest BCUT2D eigenvalue weighted by molar-refractivity contribution is 9.10. The standard InChI is InChI=1S/C9H11BrClN3O/c1-2-12-9(15)5-14-8-3-6(10)7(11)4-13-8/h3-4H,2,5H2,1H3,(H,12,15)(H,13,14). The fourth-order valence-corrected chi connectivity index (χ4v) is 1.36. The number of hydrogen-bond acceptors (Lipinski definition) is 3. The summed E-state index contributed by atoms with van der Waals surface area (Å²) in [5, 5.41) is 6.10. The molecule has 15 heavy (non-hydrogen) atoms. The molecule has 1 aromatic heterocycles. The van der Waals surface area contributed by atoms with Crippen molar-refractivity contribution in [3.05, 3.63) is 21.8 Å². The number of pyridine rings is 1. The summed E-state index contributed by atoms with van der Waals surface area (Å²) in [5.74, 6) is 0.544. The Bertz CT molecular complexity index is 359. The summed E-state index contributed by atoms with van der Waals surface area (Å²) in [5.41, 5.74) is 0. The van der Waals surface area contributed by atoms with Crippen LogP contribution in [0.25, 0.3) is 0 Å². The maximum atomic E-state index is 11.1. The minimum absolute atomic E-state index is 0.0645. The van der Waals surface area contributed by atoms with Crippen LogP contribution in [0.5, 0.6) is 0 Å². The van der Waals surface area contributed by atoms with Gasteiger partial charge in [-0.1, -0.05) is 11.6 Å². The van der Waals surface area contributed by atoms with E-state index < -0.39 is 0 Å². The number of nitrogens with zero attached hydrogens (tertiary/aromatic N) is 1. The summed E-state index contributed by atoms with van der Waals surface area (Å²) in [7, 11) is 0. The molecule has 0 aromatic carbocycles. The molecule has 0 saturated carbocycles. The summed E-state index contributed by atoms with van der Waals surface area (Å²) in [6.45, 7) is 2.70. The van der Waals surface area contributed by atoms with Crippen molar-refractivity contribution in [1.29, 1.82) is 0 Å². The molecule has 1 aromatic rings. The van der Waals surface area contributed by atoms with E-state index in [2.05, 4.69) is 31.5 Å². The molecule has 1 amide bonds. The molecule has 0 saturated heterocycles. The minimum atomic E-state index is -0.0645. The van der Waals surface area contributed by atoms with Gasteiger partial charge >= 0.3 is 0 Å². The van der Waals surface area contributed by atoms with Crippen LogP contribution in [-0.4, -0.2) is 24.0 Å². The summed E-state index contributed by atoms with van der Waals surface area (Å²) in [6, 6.07) is 1.72. The third-order valence-corrected chi connectivity index (χ3v) is 2.80. The number of carbonyl (C=O) groups excluding carboxylic acids is 1. The molecule has 1 heterocycles. The smallest absolute Gasteiger partial charge is 0.239 e. The van der Waals surface area contributed by atoms with E-state index in [0.717, 1.165) is 4.47 Å². The zero-order valence-electron chi connectivity index (χ0n) is 8.18. The quantitative estimate of drug-likeness (QED) is 0.893. The Balaban J connectivity index is 2.51. The third kappa shape index (κ3) is 4.05. The van der Waals surface area contributed by atoms with Gasteiger partial charge in [0.15, 0.2) is 0 Å². The first kappa shape index (κ1) is 12.3. The molecule has 0 unspecified atom stereocenters. The predicted molar refractivity (Wildman–Crippen MR) is 64.1 cm³/mol. The van der Waals surface area contributed by atoms with Crippen LogP contribution in [0.1, 0.15) is 6.92 Å². The molecular formula is C9H11BrClN3O. The Morgan fingerprint density at radius 3 is 3.00 bits per heavy atom. The highest BCUT2D eigenvalue weighted by Gasteiger charge is 2.02. The maximum Gasteiger partial charge on any atom is 0.239 e. The summed E-state index contributed by atoms with van der Waals surface area (Å²) in [4.78, 5) is 15.1. The van der Waals surface area contributed by atoms with E-state index in [4.69, 9.17) is 11.6 Å². The number of likely N-dealkylation sites (N-methyl/N-ethyl adjacent to an activating group) is 1. The van der Waals surface area contributed by atoms with E-state index in [1.54, 1.807) is 6.07 Å². The molecule has 82 valence electrons. The number of nitrogens with one attached hydrogen (secondary N) is 2. The Morgan fingerprint density at radius 1 is 1.67 bits per heavy atom. The van der Waals surface area contributed by atoms with Gasteiger partial charge in [0.1, 0.15) is 5.82 Å². The lowest BCUT2D eigenvalue weighted by Crippen LogP contribution is -2.29. The largest absolute Gasteiger partial charge is 0.361 e. The van der Waals surface area contributed by atoms with E-state index in [9.17, 15) is 4.79 Å². The van der Waals surface area contributed by atoms with E-state index >= 15 is 0 Å². The first-order valence-corrected chi connectivity index (χ1v) is 5.62. The average molecular weight is 293 g/mol. The molecule has 0 aliphatic rings. The molecule has 0 radical (unpaired) electrons. The molecule has 4 nitrogen and oxygen atoms in total. The minimum Gasteiger partial charge on any atom is -0.361 e. The second kappa shape index (κ2) is 5.92. The van der Waals surface area contributed by atoms with Gasteiger partial charge in [0.05, 0.1) is 11.6 Å². The van der Waals surface area contributed by atoms with Gasteiger partial charge in [0, 0.05) is 17.2 Å². The van der Waals surface area contributed by atoms with Gasteiger partial charge in [0.25, 0.3) is 0 Å². The third-order valence-electron chi connectivity index (χ3n) is 1.61. The lowest BCUT2D eigenvalue weighted by molar-refractivity contribution is -0.119.